The van der Waals surface area contributed by atoms with E-state index in [1.54, 1.807) is 0 Å². The lowest BCUT2D eigenvalue weighted by Crippen LogP contribution is -2.38. The van der Waals surface area contributed by atoms with Crippen molar-refractivity contribution in [3.05, 3.63) is 0 Å². The third-order valence-corrected chi connectivity index (χ3v) is 6.55. The molecule has 0 aromatic rings. The average molecular weight is 341 g/mol. The van der Waals surface area contributed by atoms with Crippen LogP contribution in [0, 0.1) is 17.3 Å². The van der Waals surface area contributed by atoms with E-state index in [9.17, 15) is 4.39 Å². The van der Waals surface area contributed by atoms with Crippen molar-refractivity contribution < 1.29 is 4.39 Å². The number of alkyl halides is 1. The van der Waals surface area contributed by atoms with Crippen LogP contribution < -0.4 is 0 Å². The Morgan fingerprint density at radius 1 is 1.00 bits per heavy atom. The van der Waals surface area contributed by atoms with Crippen LogP contribution in [0.4, 0.5) is 4.39 Å². The van der Waals surface area contributed by atoms with Crippen molar-refractivity contribution in [3.8, 4) is 0 Å². The van der Waals surface area contributed by atoms with Crippen molar-refractivity contribution in [2.45, 2.75) is 98.4 Å². The van der Waals surface area contributed by atoms with E-state index in [0.717, 1.165) is 36.4 Å². The van der Waals surface area contributed by atoms with Crippen LogP contribution in [0.3, 0.4) is 0 Å². The van der Waals surface area contributed by atoms with Gasteiger partial charge >= 0.3 is 0 Å². The standard InChI is InChI=1S/C12H23N.C9H18FN/c1-9(2)11-7-12(5-6-12)8-13(11)10(3)4;1-4-11-6-8(10)5-9(11)7(2)3/h9-11H,5-8H2,1-4H3;7-9H,4-6H2,1-3H3. The van der Waals surface area contributed by atoms with Crippen molar-refractivity contribution in [2.75, 3.05) is 19.6 Å². The van der Waals surface area contributed by atoms with Gasteiger partial charge in [0.05, 0.1) is 0 Å². The second kappa shape index (κ2) is 8.03. The predicted molar refractivity (Wildman–Crippen MR) is 102 cm³/mol. The van der Waals surface area contributed by atoms with E-state index in [-0.39, 0.29) is 0 Å². The van der Waals surface area contributed by atoms with E-state index in [1.165, 1.54) is 25.8 Å². The number of nitrogens with zero attached hydrogens (tertiary/aromatic N) is 2. The fourth-order valence-electron chi connectivity index (χ4n) is 4.79. The first-order valence-corrected chi connectivity index (χ1v) is 10.3. The van der Waals surface area contributed by atoms with Gasteiger partial charge in [0.25, 0.3) is 0 Å². The van der Waals surface area contributed by atoms with Gasteiger partial charge in [-0.3, -0.25) is 9.80 Å². The molecule has 0 aromatic carbocycles. The minimum atomic E-state index is -0.581. The Kier molecular flexibility index (Phi) is 6.75. The van der Waals surface area contributed by atoms with Crippen LogP contribution in [0.2, 0.25) is 0 Å². The van der Waals surface area contributed by atoms with Gasteiger partial charge in [0.1, 0.15) is 6.17 Å². The lowest BCUT2D eigenvalue weighted by Gasteiger charge is -2.30. The van der Waals surface area contributed by atoms with Crippen LogP contribution in [-0.2, 0) is 0 Å². The van der Waals surface area contributed by atoms with E-state index < -0.39 is 6.17 Å². The van der Waals surface area contributed by atoms with Crippen LogP contribution in [0.1, 0.15) is 74.1 Å². The van der Waals surface area contributed by atoms with Crippen LogP contribution in [0.25, 0.3) is 0 Å². The summed E-state index contributed by atoms with van der Waals surface area (Å²) in [4.78, 5) is 4.98. The first kappa shape index (κ1) is 20.2. The quantitative estimate of drug-likeness (QED) is 0.712. The zero-order chi connectivity index (χ0) is 18.1. The van der Waals surface area contributed by atoms with Crippen molar-refractivity contribution in [2.24, 2.45) is 17.3 Å². The largest absolute Gasteiger partial charge is 0.297 e. The second-order valence-electron chi connectivity index (χ2n) is 9.51. The Hall–Kier alpha value is -0.150. The highest BCUT2D eigenvalue weighted by atomic mass is 19.1. The van der Waals surface area contributed by atoms with Crippen molar-refractivity contribution in [1.82, 2.24) is 9.80 Å². The van der Waals surface area contributed by atoms with Crippen molar-refractivity contribution >= 4 is 0 Å². The number of rotatable bonds is 4. The number of hydrogen-bond donors (Lipinski definition) is 0. The molecule has 2 saturated heterocycles. The van der Waals surface area contributed by atoms with Crippen molar-refractivity contribution in [1.29, 1.82) is 0 Å². The zero-order valence-electron chi connectivity index (χ0n) is 17.2. The topological polar surface area (TPSA) is 6.48 Å². The van der Waals surface area contributed by atoms with E-state index in [1.807, 2.05) is 0 Å². The molecule has 2 heterocycles. The van der Waals surface area contributed by atoms with Gasteiger partial charge in [0.2, 0.25) is 0 Å². The molecule has 0 aromatic heterocycles. The van der Waals surface area contributed by atoms with Gasteiger partial charge in [-0.15, -0.1) is 0 Å². The molecule has 24 heavy (non-hydrogen) atoms. The molecule has 1 saturated carbocycles. The van der Waals surface area contributed by atoms with Gasteiger partial charge in [0, 0.05) is 31.2 Å². The molecule has 3 heteroatoms. The van der Waals surface area contributed by atoms with Gasteiger partial charge < -0.3 is 0 Å². The van der Waals surface area contributed by atoms with Crippen LogP contribution in [0.15, 0.2) is 0 Å². The third kappa shape index (κ3) is 4.72. The molecule has 2 aliphatic heterocycles. The summed E-state index contributed by atoms with van der Waals surface area (Å²) >= 11 is 0. The number of halogens is 1. The summed E-state index contributed by atoms with van der Waals surface area (Å²) in [7, 11) is 0. The highest BCUT2D eigenvalue weighted by molar-refractivity contribution is 5.05. The van der Waals surface area contributed by atoms with Gasteiger partial charge in [-0.1, -0.05) is 34.6 Å². The van der Waals surface area contributed by atoms with Gasteiger partial charge in [-0.25, -0.2) is 4.39 Å². The molecule has 0 radical (unpaired) electrons. The van der Waals surface area contributed by atoms with Gasteiger partial charge in [-0.2, -0.15) is 0 Å². The molecular weight excluding hydrogens is 299 g/mol. The van der Waals surface area contributed by atoms with Crippen LogP contribution >= 0.6 is 0 Å². The SMILES string of the molecule is CC(C)C1CC2(CC2)CN1C(C)C.CCN1CC(F)CC1C(C)C. The van der Waals surface area contributed by atoms with E-state index >= 15 is 0 Å². The summed E-state index contributed by atoms with van der Waals surface area (Å²) in [6.45, 7) is 18.9. The highest BCUT2D eigenvalue weighted by Gasteiger charge is 2.52. The first-order valence-electron chi connectivity index (χ1n) is 10.3. The van der Waals surface area contributed by atoms with E-state index in [2.05, 4.69) is 58.3 Å². The first-order chi connectivity index (χ1) is 11.2. The summed E-state index contributed by atoms with van der Waals surface area (Å²) in [6, 6.07) is 2.09. The maximum atomic E-state index is 12.9. The molecule has 0 bridgehead atoms. The number of hydrogen-bond acceptors (Lipinski definition) is 2. The maximum Gasteiger partial charge on any atom is 0.114 e. The third-order valence-electron chi connectivity index (χ3n) is 6.55. The summed E-state index contributed by atoms with van der Waals surface area (Å²) < 4.78 is 12.9. The Bertz CT molecular complexity index is 371. The molecular formula is C21H41FN2. The summed E-state index contributed by atoms with van der Waals surface area (Å²) in [5, 5.41) is 0. The molecule has 3 unspecified atom stereocenters. The minimum absolute atomic E-state index is 0.481. The molecule has 2 nitrogen and oxygen atoms in total. The molecule has 1 aliphatic carbocycles. The highest BCUT2D eigenvalue weighted by Crippen LogP contribution is 2.56. The molecule has 0 N–H and O–H groups in total. The molecule has 3 aliphatic rings. The lowest BCUT2D eigenvalue weighted by atomic mass is 9.96. The summed E-state index contributed by atoms with van der Waals surface area (Å²) in [5.74, 6) is 1.43. The smallest absolute Gasteiger partial charge is 0.114 e. The second-order valence-corrected chi connectivity index (χ2v) is 9.51. The Morgan fingerprint density at radius 3 is 1.92 bits per heavy atom. The zero-order valence-corrected chi connectivity index (χ0v) is 17.2. The Balaban J connectivity index is 0.000000177. The molecule has 3 rings (SSSR count). The maximum absolute atomic E-state index is 12.9. The summed E-state index contributed by atoms with van der Waals surface area (Å²) in [5.41, 5.74) is 0.777. The minimum Gasteiger partial charge on any atom is -0.297 e. The van der Waals surface area contributed by atoms with E-state index in [4.69, 9.17) is 0 Å². The molecule has 3 fully saturated rings. The Morgan fingerprint density at radius 2 is 1.58 bits per heavy atom. The monoisotopic (exact) mass is 340 g/mol. The fourth-order valence-corrected chi connectivity index (χ4v) is 4.79. The lowest BCUT2D eigenvalue weighted by molar-refractivity contribution is 0.163. The number of likely N-dealkylation sites (tertiary alicyclic amines) is 2. The van der Waals surface area contributed by atoms with Crippen molar-refractivity contribution in [3.63, 3.8) is 0 Å². The van der Waals surface area contributed by atoms with Gasteiger partial charge in [0.15, 0.2) is 0 Å². The van der Waals surface area contributed by atoms with Crippen LogP contribution in [0.5, 0.6) is 0 Å². The predicted octanol–water partition coefficient (Wildman–Crippen LogP) is 4.98. The summed E-state index contributed by atoms with van der Waals surface area (Å²) in [6.07, 6.45) is 4.63. The van der Waals surface area contributed by atoms with Crippen LogP contribution in [-0.4, -0.2) is 53.7 Å². The van der Waals surface area contributed by atoms with Gasteiger partial charge in [-0.05, 0) is 63.3 Å². The molecule has 142 valence electrons. The van der Waals surface area contributed by atoms with E-state index in [0.29, 0.717) is 18.5 Å². The molecule has 0 amide bonds. The fraction of sp³-hybridized carbons (Fsp3) is 1.00. The normalized spacial score (nSPS) is 32.9. The Labute approximate surface area is 150 Å². The molecule has 3 atom stereocenters. The molecule has 1 spiro atoms. The average Bonchev–Trinajstić information content (AvgIpc) is 2.95.